The summed E-state index contributed by atoms with van der Waals surface area (Å²) in [6, 6.07) is 5.39. The Morgan fingerprint density at radius 3 is 2.68 bits per heavy atom. The van der Waals surface area contributed by atoms with Gasteiger partial charge in [-0.2, -0.15) is 0 Å². The summed E-state index contributed by atoms with van der Waals surface area (Å²) < 4.78 is 5.39. The van der Waals surface area contributed by atoms with E-state index in [0.29, 0.717) is 5.56 Å². The van der Waals surface area contributed by atoms with Crippen molar-refractivity contribution >= 4 is 11.7 Å². The molecule has 19 heavy (non-hydrogen) atoms. The molecule has 0 unspecified atom stereocenters. The third kappa shape index (κ3) is 3.47. The standard InChI is InChI=1S/C15H21NO3/c1-11-9-12(3-4-13(11)14(17)18)16-10-15(2)5-7-19-8-6-15/h3-4,9,16H,5-8,10H2,1-2H3,(H,17,18). The molecule has 2 rings (SSSR count). The van der Waals surface area contributed by atoms with E-state index in [2.05, 4.69) is 12.2 Å². The van der Waals surface area contributed by atoms with Gasteiger partial charge in [-0.3, -0.25) is 0 Å². The van der Waals surface area contributed by atoms with Gasteiger partial charge in [-0.05, 0) is 48.9 Å². The van der Waals surface area contributed by atoms with Crippen molar-refractivity contribution in [1.29, 1.82) is 0 Å². The number of carbonyl (C=O) groups is 1. The lowest BCUT2D eigenvalue weighted by atomic mass is 9.82. The molecule has 0 spiro atoms. The molecule has 0 aliphatic carbocycles. The zero-order chi connectivity index (χ0) is 13.9. The predicted molar refractivity (Wildman–Crippen MR) is 74.8 cm³/mol. The first-order chi connectivity index (χ1) is 9.00. The van der Waals surface area contributed by atoms with E-state index in [4.69, 9.17) is 9.84 Å². The van der Waals surface area contributed by atoms with Crippen LogP contribution in [0.15, 0.2) is 18.2 Å². The quantitative estimate of drug-likeness (QED) is 0.877. The first-order valence-electron chi connectivity index (χ1n) is 6.66. The second-order valence-electron chi connectivity index (χ2n) is 5.61. The maximum Gasteiger partial charge on any atom is 0.335 e. The molecule has 0 saturated carbocycles. The first kappa shape index (κ1) is 13.9. The highest BCUT2D eigenvalue weighted by Crippen LogP contribution is 2.30. The van der Waals surface area contributed by atoms with Gasteiger partial charge in [-0.15, -0.1) is 0 Å². The van der Waals surface area contributed by atoms with Crippen molar-refractivity contribution in [2.75, 3.05) is 25.1 Å². The van der Waals surface area contributed by atoms with Crippen molar-refractivity contribution in [1.82, 2.24) is 0 Å². The fourth-order valence-corrected chi connectivity index (χ4v) is 2.37. The minimum atomic E-state index is -0.875. The van der Waals surface area contributed by atoms with Crippen molar-refractivity contribution in [3.05, 3.63) is 29.3 Å². The average molecular weight is 263 g/mol. The summed E-state index contributed by atoms with van der Waals surface area (Å²) in [4.78, 5) is 11.0. The third-order valence-corrected chi connectivity index (χ3v) is 3.88. The van der Waals surface area contributed by atoms with Gasteiger partial charge >= 0.3 is 5.97 Å². The number of ether oxygens (including phenoxy) is 1. The number of aromatic carboxylic acids is 1. The zero-order valence-electron chi connectivity index (χ0n) is 11.5. The Morgan fingerprint density at radius 1 is 1.42 bits per heavy atom. The molecule has 0 radical (unpaired) electrons. The second kappa shape index (κ2) is 5.61. The predicted octanol–water partition coefficient (Wildman–Crippen LogP) is 2.92. The maximum atomic E-state index is 11.0. The van der Waals surface area contributed by atoms with Gasteiger partial charge in [0, 0.05) is 25.4 Å². The highest BCUT2D eigenvalue weighted by Gasteiger charge is 2.26. The molecule has 1 aromatic carbocycles. The van der Waals surface area contributed by atoms with Crippen molar-refractivity contribution in [2.45, 2.75) is 26.7 Å². The lowest BCUT2D eigenvalue weighted by Gasteiger charge is -2.34. The zero-order valence-corrected chi connectivity index (χ0v) is 11.5. The van der Waals surface area contributed by atoms with Crippen LogP contribution in [0.3, 0.4) is 0 Å². The van der Waals surface area contributed by atoms with Gasteiger partial charge in [0.05, 0.1) is 5.56 Å². The molecule has 4 heteroatoms. The van der Waals surface area contributed by atoms with Crippen molar-refractivity contribution in [2.24, 2.45) is 5.41 Å². The van der Waals surface area contributed by atoms with Crippen molar-refractivity contribution < 1.29 is 14.6 Å². The molecule has 1 aliphatic rings. The second-order valence-corrected chi connectivity index (χ2v) is 5.61. The third-order valence-electron chi connectivity index (χ3n) is 3.88. The number of hydrogen-bond donors (Lipinski definition) is 2. The molecule has 0 aromatic heterocycles. The number of aryl methyl sites for hydroxylation is 1. The normalized spacial score (nSPS) is 18.0. The van der Waals surface area contributed by atoms with Crippen LogP contribution >= 0.6 is 0 Å². The van der Waals surface area contributed by atoms with E-state index in [-0.39, 0.29) is 5.41 Å². The molecule has 1 fully saturated rings. The van der Waals surface area contributed by atoms with Gasteiger partial charge in [-0.1, -0.05) is 6.92 Å². The molecular weight excluding hydrogens is 242 g/mol. The summed E-state index contributed by atoms with van der Waals surface area (Å²) in [7, 11) is 0. The SMILES string of the molecule is Cc1cc(NCC2(C)CCOCC2)ccc1C(=O)O. The topological polar surface area (TPSA) is 58.6 Å². The van der Waals surface area contributed by atoms with Gasteiger partial charge < -0.3 is 15.2 Å². The van der Waals surface area contributed by atoms with Crippen LogP contribution in [0.25, 0.3) is 0 Å². The Bertz CT molecular complexity index is 464. The van der Waals surface area contributed by atoms with Crippen LogP contribution < -0.4 is 5.32 Å². The van der Waals surface area contributed by atoms with E-state index in [1.165, 1.54) is 0 Å². The molecule has 0 bridgehead atoms. The number of carboxylic acid groups (broad SMARTS) is 1. The number of carboxylic acids is 1. The Labute approximate surface area is 113 Å². The smallest absolute Gasteiger partial charge is 0.335 e. The van der Waals surface area contributed by atoms with Crippen LogP contribution in [0.4, 0.5) is 5.69 Å². The monoisotopic (exact) mass is 263 g/mol. The van der Waals surface area contributed by atoms with Crippen LogP contribution in [0.1, 0.15) is 35.7 Å². The van der Waals surface area contributed by atoms with Crippen LogP contribution in [0, 0.1) is 12.3 Å². The lowest BCUT2D eigenvalue weighted by Crippen LogP contribution is -2.33. The average Bonchev–Trinajstić information content (AvgIpc) is 2.37. The Morgan fingerprint density at radius 2 is 2.11 bits per heavy atom. The van der Waals surface area contributed by atoms with Crippen LogP contribution in [0.2, 0.25) is 0 Å². The van der Waals surface area contributed by atoms with E-state index in [1.54, 1.807) is 6.07 Å². The molecule has 4 nitrogen and oxygen atoms in total. The first-order valence-corrected chi connectivity index (χ1v) is 6.66. The number of nitrogens with one attached hydrogen (secondary N) is 1. The van der Waals surface area contributed by atoms with Crippen LogP contribution in [-0.4, -0.2) is 30.8 Å². The van der Waals surface area contributed by atoms with Crippen LogP contribution in [-0.2, 0) is 4.74 Å². The summed E-state index contributed by atoms with van der Waals surface area (Å²) >= 11 is 0. The summed E-state index contributed by atoms with van der Waals surface area (Å²) in [5.74, 6) is -0.875. The van der Waals surface area contributed by atoms with Gasteiger partial charge in [-0.25, -0.2) is 4.79 Å². The maximum absolute atomic E-state index is 11.0. The summed E-state index contributed by atoms with van der Waals surface area (Å²) in [6.45, 7) is 6.64. The Hall–Kier alpha value is -1.55. The summed E-state index contributed by atoms with van der Waals surface area (Å²) in [6.07, 6.45) is 2.12. The highest BCUT2D eigenvalue weighted by atomic mass is 16.5. The van der Waals surface area contributed by atoms with E-state index in [1.807, 2.05) is 19.1 Å². The highest BCUT2D eigenvalue weighted by molar-refractivity contribution is 5.89. The number of anilines is 1. The Kier molecular flexibility index (Phi) is 4.10. The van der Waals surface area contributed by atoms with E-state index >= 15 is 0 Å². The van der Waals surface area contributed by atoms with Gasteiger partial charge in [0.2, 0.25) is 0 Å². The lowest BCUT2D eigenvalue weighted by molar-refractivity contribution is 0.0300. The molecule has 1 aliphatic heterocycles. The van der Waals surface area contributed by atoms with E-state index in [0.717, 1.165) is 43.9 Å². The molecular formula is C15H21NO3. The van der Waals surface area contributed by atoms with Gasteiger partial charge in [0.15, 0.2) is 0 Å². The minimum absolute atomic E-state index is 0.262. The largest absolute Gasteiger partial charge is 0.478 e. The fraction of sp³-hybridized carbons (Fsp3) is 0.533. The molecule has 1 aromatic rings. The van der Waals surface area contributed by atoms with Crippen molar-refractivity contribution in [3.63, 3.8) is 0 Å². The van der Waals surface area contributed by atoms with Crippen LogP contribution in [0.5, 0.6) is 0 Å². The van der Waals surface area contributed by atoms with E-state index < -0.39 is 5.97 Å². The van der Waals surface area contributed by atoms with Gasteiger partial charge in [0.25, 0.3) is 0 Å². The molecule has 0 amide bonds. The number of hydrogen-bond acceptors (Lipinski definition) is 3. The van der Waals surface area contributed by atoms with Gasteiger partial charge in [0.1, 0.15) is 0 Å². The molecule has 0 atom stereocenters. The minimum Gasteiger partial charge on any atom is -0.478 e. The molecule has 2 N–H and O–H groups in total. The molecule has 1 saturated heterocycles. The summed E-state index contributed by atoms with van der Waals surface area (Å²) in [5, 5.41) is 12.4. The number of rotatable bonds is 4. The molecule has 104 valence electrons. The summed E-state index contributed by atoms with van der Waals surface area (Å²) in [5.41, 5.74) is 2.39. The van der Waals surface area contributed by atoms with E-state index in [9.17, 15) is 4.79 Å². The van der Waals surface area contributed by atoms with Crippen molar-refractivity contribution in [3.8, 4) is 0 Å². The Balaban J connectivity index is 2.00. The number of benzene rings is 1. The fourth-order valence-electron chi connectivity index (χ4n) is 2.37. The molecule has 1 heterocycles.